The van der Waals surface area contributed by atoms with Crippen LogP contribution in [0.15, 0.2) is 37.1 Å². The van der Waals surface area contributed by atoms with Crippen LogP contribution in [0.1, 0.15) is 38.3 Å². The van der Waals surface area contributed by atoms with E-state index in [0.717, 1.165) is 41.7 Å². The second-order valence-electron chi connectivity index (χ2n) is 8.24. The molecule has 9 nitrogen and oxygen atoms in total. The first-order valence-electron chi connectivity index (χ1n) is 11.1. The van der Waals surface area contributed by atoms with Crippen molar-refractivity contribution in [3.8, 4) is 0 Å². The van der Waals surface area contributed by atoms with Crippen molar-refractivity contribution in [1.82, 2.24) is 30.2 Å². The summed E-state index contributed by atoms with van der Waals surface area (Å²) in [7, 11) is 0. The monoisotopic (exact) mass is 464 g/mol. The molecule has 1 amide bonds. The largest absolute Gasteiger partial charge is 0.367 e. The number of amides is 1. The lowest BCUT2D eigenvalue weighted by Gasteiger charge is -2.27. The number of fused-ring (bicyclic) bond motifs is 2. The summed E-state index contributed by atoms with van der Waals surface area (Å²) in [5.74, 6) is 0.717. The molecule has 3 aromatic heterocycles. The van der Waals surface area contributed by atoms with Gasteiger partial charge in [0.15, 0.2) is 11.5 Å². The molecule has 4 aromatic rings. The number of hydrogen-bond acceptors (Lipinski definition) is 7. The van der Waals surface area contributed by atoms with Gasteiger partial charge in [0.1, 0.15) is 11.8 Å². The van der Waals surface area contributed by atoms with Crippen LogP contribution < -0.4 is 15.5 Å². The average molecular weight is 465 g/mol. The number of nitrogens with zero attached hydrogens (tertiary/aromatic N) is 5. The Balaban J connectivity index is 1.54. The van der Waals surface area contributed by atoms with Gasteiger partial charge in [-0.3, -0.25) is 9.78 Å². The van der Waals surface area contributed by atoms with Gasteiger partial charge < -0.3 is 20.5 Å². The Morgan fingerprint density at radius 3 is 3.03 bits per heavy atom. The number of pyridine rings is 1. The van der Waals surface area contributed by atoms with Gasteiger partial charge in [-0.05, 0) is 31.5 Å². The zero-order valence-electron chi connectivity index (χ0n) is 18.5. The Morgan fingerprint density at radius 1 is 1.30 bits per heavy atom. The Kier molecular flexibility index (Phi) is 5.72. The van der Waals surface area contributed by atoms with Crippen molar-refractivity contribution in [2.45, 2.75) is 38.8 Å². The molecule has 170 valence electrons. The highest BCUT2D eigenvalue weighted by atomic mass is 35.5. The highest BCUT2D eigenvalue weighted by Crippen LogP contribution is 2.40. The third kappa shape index (κ3) is 4.04. The topological polar surface area (TPSA) is 112 Å². The summed E-state index contributed by atoms with van der Waals surface area (Å²) in [5, 5.41) is 8.15. The SMILES string of the molecule is CCC(=O)N[C@H]1CCN(c2c(C(C)Nc3ncnc4[nH]cnc34)cc(Cl)c3cccnc23)C1. The maximum absolute atomic E-state index is 11.9. The summed E-state index contributed by atoms with van der Waals surface area (Å²) >= 11 is 6.70. The van der Waals surface area contributed by atoms with E-state index >= 15 is 0 Å². The number of imidazole rings is 1. The zero-order valence-corrected chi connectivity index (χ0v) is 19.2. The summed E-state index contributed by atoms with van der Waals surface area (Å²) in [6, 6.07) is 5.85. The minimum Gasteiger partial charge on any atom is -0.367 e. The summed E-state index contributed by atoms with van der Waals surface area (Å²) in [4.78, 5) is 34.9. The minimum atomic E-state index is -0.136. The van der Waals surface area contributed by atoms with E-state index < -0.39 is 0 Å². The molecule has 4 heterocycles. The molecule has 0 radical (unpaired) electrons. The van der Waals surface area contributed by atoms with Crippen molar-refractivity contribution in [2.24, 2.45) is 0 Å². The van der Waals surface area contributed by atoms with Crippen LogP contribution >= 0.6 is 11.6 Å². The molecule has 3 N–H and O–H groups in total. The number of benzene rings is 1. The van der Waals surface area contributed by atoms with Crippen LogP contribution in [0.3, 0.4) is 0 Å². The Hall–Kier alpha value is -3.46. The zero-order chi connectivity index (χ0) is 22.9. The molecule has 0 saturated carbocycles. The van der Waals surface area contributed by atoms with Crippen molar-refractivity contribution in [3.63, 3.8) is 0 Å². The van der Waals surface area contributed by atoms with E-state index in [0.29, 0.717) is 28.4 Å². The molecule has 1 saturated heterocycles. The number of carbonyl (C=O) groups is 1. The molecule has 10 heteroatoms. The number of halogens is 1. The number of aromatic amines is 1. The molecule has 0 bridgehead atoms. The van der Waals surface area contributed by atoms with Crippen molar-refractivity contribution in [3.05, 3.63) is 47.6 Å². The van der Waals surface area contributed by atoms with Gasteiger partial charge in [-0.25, -0.2) is 15.0 Å². The van der Waals surface area contributed by atoms with Crippen molar-refractivity contribution >= 4 is 51.1 Å². The van der Waals surface area contributed by atoms with Gasteiger partial charge in [-0.15, -0.1) is 0 Å². The van der Waals surface area contributed by atoms with Crippen LogP contribution in [0.2, 0.25) is 5.02 Å². The maximum Gasteiger partial charge on any atom is 0.219 e. The molecule has 1 fully saturated rings. The molecule has 0 spiro atoms. The second-order valence-corrected chi connectivity index (χ2v) is 8.64. The van der Waals surface area contributed by atoms with Crippen LogP contribution in [0, 0.1) is 0 Å². The predicted octanol–water partition coefficient (Wildman–Crippen LogP) is 3.83. The molecule has 1 aromatic carbocycles. The predicted molar refractivity (Wildman–Crippen MR) is 130 cm³/mol. The van der Waals surface area contributed by atoms with Crippen LogP contribution in [0.5, 0.6) is 0 Å². The first kappa shape index (κ1) is 21.4. The fourth-order valence-electron chi connectivity index (χ4n) is 4.43. The van der Waals surface area contributed by atoms with Gasteiger partial charge in [0.2, 0.25) is 5.91 Å². The minimum absolute atomic E-state index is 0.0722. The third-order valence-electron chi connectivity index (χ3n) is 6.07. The number of hydrogen-bond donors (Lipinski definition) is 3. The van der Waals surface area contributed by atoms with Crippen LogP contribution in [-0.4, -0.2) is 50.0 Å². The van der Waals surface area contributed by atoms with E-state index in [2.05, 4.69) is 42.4 Å². The van der Waals surface area contributed by atoms with Crippen molar-refractivity contribution in [2.75, 3.05) is 23.3 Å². The standard InChI is InChI=1S/C23H25ClN8O/c1-3-18(33)31-14-6-8-32(10-14)21-16(9-17(24)15-5-4-7-25-19(15)21)13(2)30-23-20-22(27-11-26-20)28-12-29-23/h4-5,7,9,11-14H,3,6,8,10H2,1-2H3,(H,31,33)(H2,26,27,28,29,30)/t13?,14-/m0/s1. The summed E-state index contributed by atoms with van der Waals surface area (Å²) < 4.78 is 0. The van der Waals surface area contributed by atoms with Crippen LogP contribution in [0.25, 0.3) is 22.1 Å². The number of nitrogens with one attached hydrogen (secondary N) is 3. The second kappa shape index (κ2) is 8.82. The van der Waals surface area contributed by atoms with Gasteiger partial charge in [0, 0.05) is 42.7 Å². The molecular weight excluding hydrogens is 440 g/mol. The lowest BCUT2D eigenvalue weighted by molar-refractivity contribution is -0.121. The van der Waals surface area contributed by atoms with Gasteiger partial charge in [0.05, 0.1) is 28.6 Å². The Morgan fingerprint density at radius 2 is 2.18 bits per heavy atom. The Bertz CT molecular complexity index is 1320. The molecular formula is C23H25ClN8O. The van der Waals surface area contributed by atoms with E-state index in [1.807, 2.05) is 25.1 Å². The lowest BCUT2D eigenvalue weighted by atomic mass is 10.0. The van der Waals surface area contributed by atoms with Gasteiger partial charge in [-0.1, -0.05) is 18.5 Å². The van der Waals surface area contributed by atoms with Gasteiger partial charge in [0.25, 0.3) is 0 Å². The first-order chi connectivity index (χ1) is 16.0. The van der Waals surface area contributed by atoms with Gasteiger partial charge in [-0.2, -0.15) is 0 Å². The van der Waals surface area contributed by atoms with E-state index in [-0.39, 0.29) is 18.0 Å². The molecule has 5 rings (SSSR count). The Labute approximate surface area is 196 Å². The van der Waals surface area contributed by atoms with Crippen molar-refractivity contribution in [1.29, 1.82) is 0 Å². The smallest absolute Gasteiger partial charge is 0.219 e. The van der Waals surface area contributed by atoms with Gasteiger partial charge >= 0.3 is 0 Å². The number of aromatic nitrogens is 5. The van der Waals surface area contributed by atoms with Crippen molar-refractivity contribution < 1.29 is 4.79 Å². The van der Waals surface area contributed by atoms with E-state index in [9.17, 15) is 4.79 Å². The molecule has 1 unspecified atom stereocenters. The number of rotatable bonds is 6. The average Bonchev–Trinajstić information content (AvgIpc) is 3.49. The maximum atomic E-state index is 11.9. The molecule has 0 aliphatic carbocycles. The highest BCUT2D eigenvalue weighted by Gasteiger charge is 2.29. The quantitative estimate of drug-likeness (QED) is 0.397. The summed E-state index contributed by atoms with van der Waals surface area (Å²) in [6.45, 7) is 5.47. The fraction of sp³-hybridized carbons (Fsp3) is 0.348. The fourth-order valence-corrected chi connectivity index (χ4v) is 4.70. The molecule has 2 atom stereocenters. The number of anilines is 2. The van der Waals surface area contributed by atoms with Crippen LogP contribution in [-0.2, 0) is 4.79 Å². The summed E-state index contributed by atoms with van der Waals surface area (Å²) in [5.41, 5.74) is 4.24. The van der Waals surface area contributed by atoms with E-state index in [1.54, 1.807) is 12.5 Å². The normalized spacial score (nSPS) is 16.9. The third-order valence-corrected chi connectivity index (χ3v) is 6.39. The van der Waals surface area contributed by atoms with E-state index in [1.165, 1.54) is 6.33 Å². The number of H-pyrrole nitrogens is 1. The van der Waals surface area contributed by atoms with E-state index in [4.69, 9.17) is 16.6 Å². The molecule has 33 heavy (non-hydrogen) atoms. The van der Waals surface area contributed by atoms with Crippen LogP contribution in [0.4, 0.5) is 11.5 Å². The first-order valence-corrected chi connectivity index (χ1v) is 11.4. The molecule has 1 aliphatic heterocycles. The number of carbonyl (C=O) groups excluding carboxylic acids is 1. The highest BCUT2D eigenvalue weighted by molar-refractivity contribution is 6.36. The molecule has 1 aliphatic rings. The lowest BCUT2D eigenvalue weighted by Crippen LogP contribution is -2.37. The summed E-state index contributed by atoms with van der Waals surface area (Å²) in [6.07, 6.45) is 6.26.